The summed E-state index contributed by atoms with van der Waals surface area (Å²) in [6.45, 7) is 0. The molecule has 0 bridgehead atoms. The van der Waals surface area contributed by atoms with Crippen LogP contribution >= 0.6 is 24.0 Å². The van der Waals surface area contributed by atoms with Crippen molar-refractivity contribution < 1.29 is 9.84 Å². The second kappa shape index (κ2) is 5.78. The van der Waals surface area contributed by atoms with Crippen LogP contribution in [0.3, 0.4) is 0 Å². The van der Waals surface area contributed by atoms with Gasteiger partial charge in [-0.2, -0.15) is 0 Å². The number of hydrogen-bond acceptors (Lipinski definition) is 4. The molecule has 0 amide bonds. The molecular weight excluding hydrogens is 228 g/mol. The van der Waals surface area contributed by atoms with Crippen LogP contribution in [0.5, 0.6) is 5.75 Å². The summed E-state index contributed by atoms with van der Waals surface area (Å²) in [7, 11) is 1.60. The van der Waals surface area contributed by atoms with E-state index in [9.17, 15) is 5.11 Å². The molecule has 0 saturated carbocycles. The van der Waals surface area contributed by atoms with Crippen molar-refractivity contribution in [1.82, 2.24) is 0 Å². The van der Waals surface area contributed by atoms with Gasteiger partial charge in [-0.15, -0.1) is 11.8 Å². The summed E-state index contributed by atoms with van der Waals surface area (Å²) in [4.78, 5) is 0. The Morgan fingerprint density at radius 2 is 2.00 bits per heavy atom. The first-order valence-electron chi connectivity index (χ1n) is 4.30. The minimum absolute atomic E-state index is 0.178. The van der Waals surface area contributed by atoms with E-state index in [4.69, 9.17) is 17.0 Å². The molecule has 0 spiro atoms. The van der Waals surface area contributed by atoms with E-state index in [1.165, 1.54) is 11.8 Å². The fourth-order valence-electron chi connectivity index (χ4n) is 1.02. The predicted molar refractivity (Wildman–Crippen MR) is 69.7 cm³/mol. The van der Waals surface area contributed by atoms with E-state index in [0.29, 0.717) is 4.20 Å². The van der Waals surface area contributed by atoms with E-state index in [1.54, 1.807) is 37.5 Å². The molecule has 0 fully saturated rings. The van der Waals surface area contributed by atoms with Crippen LogP contribution < -0.4 is 4.74 Å². The Balaban J connectivity index is 2.87. The van der Waals surface area contributed by atoms with Crippen molar-refractivity contribution in [2.75, 3.05) is 13.4 Å². The van der Waals surface area contributed by atoms with Crippen molar-refractivity contribution in [3.63, 3.8) is 0 Å². The van der Waals surface area contributed by atoms with Gasteiger partial charge in [0.1, 0.15) is 11.5 Å². The zero-order valence-corrected chi connectivity index (χ0v) is 10.2. The smallest absolute Gasteiger partial charge is 0.124 e. The molecule has 1 rings (SSSR count). The second-order valence-corrected chi connectivity index (χ2v) is 4.33. The number of aliphatic hydroxyl groups is 1. The maximum absolute atomic E-state index is 9.71. The van der Waals surface area contributed by atoms with Gasteiger partial charge in [0, 0.05) is 11.6 Å². The Kier molecular flexibility index (Phi) is 4.65. The summed E-state index contributed by atoms with van der Waals surface area (Å²) in [6, 6.07) is 7.16. The Morgan fingerprint density at radius 3 is 2.47 bits per heavy atom. The number of benzene rings is 1. The highest BCUT2D eigenvalue weighted by Gasteiger charge is 2.00. The lowest BCUT2D eigenvalue weighted by atomic mass is 10.2. The molecule has 0 atom stereocenters. The SMILES string of the molecule is COc1ccc(C(O)=CC(=S)SC)cc1. The number of thioether (sulfide) groups is 1. The zero-order chi connectivity index (χ0) is 11.3. The molecule has 1 N–H and O–H groups in total. The molecule has 1 aromatic rings. The van der Waals surface area contributed by atoms with Crippen LogP contribution in [0.2, 0.25) is 0 Å². The molecule has 0 aliphatic carbocycles. The van der Waals surface area contributed by atoms with Crippen LogP contribution in [0.1, 0.15) is 5.56 Å². The molecule has 0 aliphatic rings. The van der Waals surface area contributed by atoms with Gasteiger partial charge in [-0.3, -0.25) is 0 Å². The van der Waals surface area contributed by atoms with Gasteiger partial charge in [-0.1, -0.05) is 12.2 Å². The lowest BCUT2D eigenvalue weighted by Gasteiger charge is -2.02. The third kappa shape index (κ3) is 3.57. The molecule has 15 heavy (non-hydrogen) atoms. The molecular formula is C11H12O2S2. The zero-order valence-electron chi connectivity index (χ0n) is 8.56. The normalized spacial score (nSPS) is 11.2. The maximum Gasteiger partial charge on any atom is 0.124 e. The molecule has 2 nitrogen and oxygen atoms in total. The summed E-state index contributed by atoms with van der Waals surface area (Å²) in [6.07, 6.45) is 3.45. The Morgan fingerprint density at radius 1 is 1.40 bits per heavy atom. The second-order valence-electron chi connectivity index (χ2n) is 2.78. The molecule has 0 aliphatic heterocycles. The predicted octanol–water partition coefficient (Wildman–Crippen LogP) is 3.28. The first-order valence-corrected chi connectivity index (χ1v) is 5.93. The minimum Gasteiger partial charge on any atom is -0.507 e. The van der Waals surface area contributed by atoms with E-state index >= 15 is 0 Å². The standard InChI is InChI=1S/C11H12O2S2/c1-13-9-5-3-8(4-6-9)10(12)7-11(14)15-2/h3-7,12H,1-2H3. The van der Waals surface area contributed by atoms with Crippen LogP contribution in [0, 0.1) is 0 Å². The van der Waals surface area contributed by atoms with Crippen LogP contribution in [-0.4, -0.2) is 22.7 Å². The molecule has 0 aromatic heterocycles. The lowest BCUT2D eigenvalue weighted by Crippen LogP contribution is -1.88. The monoisotopic (exact) mass is 240 g/mol. The number of ether oxygens (including phenoxy) is 1. The van der Waals surface area contributed by atoms with Crippen LogP contribution in [0.15, 0.2) is 30.3 Å². The highest BCUT2D eigenvalue weighted by Crippen LogP contribution is 2.17. The Hall–Kier alpha value is -1.00. The summed E-state index contributed by atoms with van der Waals surface area (Å²) in [5.41, 5.74) is 0.729. The van der Waals surface area contributed by atoms with Crippen molar-refractivity contribution in [3.8, 4) is 5.75 Å². The summed E-state index contributed by atoms with van der Waals surface area (Å²) in [5.74, 6) is 0.941. The van der Waals surface area contributed by atoms with E-state index in [0.717, 1.165) is 11.3 Å². The number of methoxy groups -OCH3 is 1. The van der Waals surface area contributed by atoms with E-state index < -0.39 is 0 Å². The first kappa shape index (κ1) is 12.1. The van der Waals surface area contributed by atoms with Crippen LogP contribution in [0.4, 0.5) is 0 Å². The van der Waals surface area contributed by atoms with Gasteiger partial charge in [0.25, 0.3) is 0 Å². The maximum atomic E-state index is 9.71. The highest BCUT2D eigenvalue weighted by atomic mass is 32.2. The van der Waals surface area contributed by atoms with Gasteiger partial charge in [-0.05, 0) is 30.5 Å². The van der Waals surface area contributed by atoms with Crippen LogP contribution in [-0.2, 0) is 0 Å². The number of hydrogen-bond donors (Lipinski definition) is 1. The van der Waals surface area contributed by atoms with Crippen molar-refractivity contribution in [2.24, 2.45) is 0 Å². The largest absolute Gasteiger partial charge is 0.507 e. The molecule has 4 heteroatoms. The fourth-order valence-corrected chi connectivity index (χ4v) is 1.36. The molecule has 0 heterocycles. The number of aliphatic hydroxyl groups excluding tert-OH is 1. The van der Waals surface area contributed by atoms with E-state index in [2.05, 4.69) is 0 Å². The van der Waals surface area contributed by atoms with Crippen molar-refractivity contribution >= 4 is 33.9 Å². The van der Waals surface area contributed by atoms with Crippen LogP contribution in [0.25, 0.3) is 5.76 Å². The molecule has 80 valence electrons. The average Bonchev–Trinajstić information content (AvgIpc) is 2.29. The highest BCUT2D eigenvalue weighted by molar-refractivity contribution is 8.23. The lowest BCUT2D eigenvalue weighted by molar-refractivity contribution is 0.414. The topological polar surface area (TPSA) is 29.5 Å². The van der Waals surface area contributed by atoms with Gasteiger partial charge in [0.2, 0.25) is 0 Å². The van der Waals surface area contributed by atoms with Gasteiger partial charge in [0.05, 0.1) is 11.3 Å². The molecule has 1 aromatic carbocycles. The van der Waals surface area contributed by atoms with Gasteiger partial charge in [0.15, 0.2) is 0 Å². The van der Waals surface area contributed by atoms with Gasteiger partial charge in [-0.25, -0.2) is 0 Å². The quantitative estimate of drug-likeness (QED) is 0.499. The summed E-state index contributed by atoms with van der Waals surface area (Å²) in [5, 5.41) is 9.71. The minimum atomic E-state index is 0.178. The third-order valence-electron chi connectivity index (χ3n) is 1.84. The van der Waals surface area contributed by atoms with Crippen molar-refractivity contribution in [2.45, 2.75) is 0 Å². The number of rotatable bonds is 3. The summed E-state index contributed by atoms with van der Waals surface area (Å²) < 4.78 is 5.68. The molecule has 0 radical (unpaired) electrons. The van der Waals surface area contributed by atoms with Gasteiger partial charge >= 0.3 is 0 Å². The number of thiocarbonyl (C=S) groups is 1. The Bertz CT molecular complexity index is 369. The first-order chi connectivity index (χ1) is 7.17. The van der Waals surface area contributed by atoms with Crippen molar-refractivity contribution in [3.05, 3.63) is 35.9 Å². The molecule has 0 saturated heterocycles. The average molecular weight is 240 g/mol. The van der Waals surface area contributed by atoms with Crippen molar-refractivity contribution in [1.29, 1.82) is 0 Å². The van der Waals surface area contributed by atoms with E-state index in [-0.39, 0.29) is 5.76 Å². The van der Waals surface area contributed by atoms with E-state index in [1.807, 2.05) is 6.26 Å². The Labute approximate surface area is 99.0 Å². The third-order valence-corrected chi connectivity index (χ3v) is 2.98. The summed E-state index contributed by atoms with van der Waals surface area (Å²) >= 11 is 6.41. The fraction of sp³-hybridized carbons (Fsp3) is 0.182. The van der Waals surface area contributed by atoms with Gasteiger partial charge < -0.3 is 9.84 Å². The molecule has 0 unspecified atom stereocenters.